The van der Waals surface area contributed by atoms with Gasteiger partial charge in [0.05, 0.1) is 12.5 Å². The van der Waals surface area contributed by atoms with Crippen LogP contribution in [0.3, 0.4) is 0 Å². The van der Waals surface area contributed by atoms with Crippen molar-refractivity contribution < 1.29 is 4.42 Å². The summed E-state index contributed by atoms with van der Waals surface area (Å²) in [6, 6.07) is 28.8. The first-order valence-corrected chi connectivity index (χ1v) is 11.8. The second kappa shape index (κ2) is 9.72. The molecule has 1 saturated heterocycles. The molecule has 0 spiro atoms. The molecule has 164 valence electrons. The predicted molar refractivity (Wildman–Crippen MR) is 132 cm³/mol. The van der Waals surface area contributed by atoms with Crippen LogP contribution in [-0.2, 0) is 6.54 Å². The van der Waals surface area contributed by atoms with Gasteiger partial charge in [-0.25, -0.2) is 0 Å². The first-order valence-electron chi connectivity index (χ1n) is 11.8. The van der Waals surface area contributed by atoms with Crippen LogP contribution in [0.4, 0.5) is 0 Å². The molecule has 0 radical (unpaired) electrons. The minimum Gasteiger partial charge on any atom is -0.472 e. The number of nitrogens with zero attached hydrogens (tertiary/aromatic N) is 1. The normalized spacial score (nSPS) is 20.4. The lowest BCUT2D eigenvalue weighted by Crippen LogP contribution is -2.42. The van der Waals surface area contributed by atoms with Gasteiger partial charge in [-0.15, -0.1) is 0 Å². The average molecular weight is 425 g/mol. The maximum Gasteiger partial charge on any atom is 0.0947 e. The number of hydrogen-bond donors (Lipinski definition) is 1. The van der Waals surface area contributed by atoms with E-state index in [2.05, 4.69) is 96.0 Å². The van der Waals surface area contributed by atoms with Crippen LogP contribution in [0.5, 0.6) is 0 Å². The van der Waals surface area contributed by atoms with Crippen molar-refractivity contribution in [2.75, 3.05) is 19.6 Å². The van der Waals surface area contributed by atoms with Crippen molar-refractivity contribution in [1.82, 2.24) is 10.2 Å². The number of benzene rings is 3. The summed E-state index contributed by atoms with van der Waals surface area (Å²) in [7, 11) is 0. The molecule has 2 unspecified atom stereocenters. The number of rotatable bonds is 7. The first-order chi connectivity index (χ1) is 15.8. The fourth-order valence-electron chi connectivity index (χ4n) is 5.24. The van der Waals surface area contributed by atoms with E-state index in [9.17, 15) is 0 Å². The maximum absolute atomic E-state index is 5.29. The molecule has 3 nitrogen and oxygen atoms in total. The summed E-state index contributed by atoms with van der Waals surface area (Å²) in [4.78, 5) is 2.58. The minimum absolute atomic E-state index is 0.321. The van der Waals surface area contributed by atoms with E-state index in [1.165, 1.54) is 33.9 Å². The Morgan fingerprint density at radius 3 is 2.62 bits per heavy atom. The molecule has 1 fully saturated rings. The third kappa shape index (κ3) is 4.64. The second-order valence-corrected chi connectivity index (χ2v) is 9.13. The van der Waals surface area contributed by atoms with E-state index in [1.54, 1.807) is 6.26 Å². The lowest BCUT2D eigenvalue weighted by atomic mass is 9.80. The van der Waals surface area contributed by atoms with Crippen LogP contribution in [-0.4, -0.2) is 24.5 Å². The predicted octanol–water partition coefficient (Wildman–Crippen LogP) is 6.39. The fourth-order valence-corrected chi connectivity index (χ4v) is 5.24. The molecule has 3 heteroatoms. The zero-order valence-electron chi connectivity index (χ0n) is 18.8. The molecular formula is C29H32N2O. The van der Waals surface area contributed by atoms with Gasteiger partial charge in [-0.2, -0.15) is 0 Å². The Bertz CT molecular complexity index is 1120. The molecule has 3 aromatic carbocycles. The van der Waals surface area contributed by atoms with Gasteiger partial charge in [0.15, 0.2) is 0 Å². The molecule has 0 amide bonds. The highest BCUT2D eigenvalue weighted by molar-refractivity contribution is 5.86. The Morgan fingerprint density at radius 2 is 1.78 bits per heavy atom. The molecule has 5 rings (SSSR count). The summed E-state index contributed by atoms with van der Waals surface area (Å²) in [6.07, 6.45) is 4.85. The van der Waals surface area contributed by atoms with Crippen LogP contribution in [0, 0.1) is 5.92 Å². The smallest absolute Gasteiger partial charge is 0.0947 e. The number of fused-ring (bicyclic) bond motifs is 1. The average Bonchev–Trinajstić information content (AvgIpc) is 3.36. The van der Waals surface area contributed by atoms with Gasteiger partial charge in [0.1, 0.15) is 0 Å². The van der Waals surface area contributed by atoms with Crippen molar-refractivity contribution in [3.63, 3.8) is 0 Å². The van der Waals surface area contributed by atoms with Crippen molar-refractivity contribution in [2.24, 2.45) is 5.92 Å². The highest BCUT2D eigenvalue weighted by Gasteiger charge is 2.30. The highest BCUT2D eigenvalue weighted by atomic mass is 16.3. The topological polar surface area (TPSA) is 28.4 Å². The van der Waals surface area contributed by atoms with Gasteiger partial charge in [0, 0.05) is 30.6 Å². The Morgan fingerprint density at radius 1 is 0.969 bits per heavy atom. The SMILES string of the molecule is C[C@@H](NCC1CCN(Cc2ccoc2)CC1c1ccccc1)c1cccc2ccccc12. The Hall–Kier alpha value is -2.88. The third-order valence-electron chi connectivity index (χ3n) is 7.03. The standard InChI is InChI=1S/C29H32N2O/c1-22(27-13-7-11-24-10-5-6-12-28(24)27)30-18-26-14-16-31(19-23-15-17-32-21-23)20-29(26)25-8-3-2-4-9-25/h2-13,15,17,21-22,26,29-30H,14,16,18-20H2,1H3/t22-,26?,29?/m1/s1. The molecule has 0 aliphatic carbocycles. The van der Waals surface area contributed by atoms with E-state index >= 15 is 0 Å². The maximum atomic E-state index is 5.29. The van der Waals surface area contributed by atoms with Crippen molar-refractivity contribution in [3.8, 4) is 0 Å². The van der Waals surface area contributed by atoms with Gasteiger partial charge in [0.2, 0.25) is 0 Å². The van der Waals surface area contributed by atoms with Crippen molar-refractivity contribution in [1.29, 1.82) is 0 Å². The highest BCUT2D eigenvalue weighted by Crippen LogP contribution is 2.33. The van der Waals surface area contributed by atoms with Crippen LogP contribution in [0.2, 0.25) is 0 Å². The van der Waals surface area contributed by atoms with Crippen LogP contribution in [0.1, 0.15) is 42.0 Å². The number of furan rings is 1. The van der Waals surface area contributed by atoms with E-state index in [0.29, 0.717) is 17.9 Å². The summed E-state index contributed by atoms with van der Waals surface area (Å²) in [5.41, 5.74) is 4.10. The van der Waals surface area contributed by atoms with E-state index < -0.39 is 0 Å². The monoisotopic (exact) mass is 424 g/mol. The Balaban J connectivity index is 1.30. The summed E-state index contributed by atoms with van der Waals surface area (Å²) >= 11 is 0. The van der Waals surface area contributed by atoms with Crippen LogP contribution < -0.4 is 5.32 Å². The molecule has 0 saturated carbocycles. The Kier molecular flexibility index (Phi) is 6.38. The van der Waals surface area contributed by atoms with E-state index in [1.807, 2.05) is 6.26 Å². The summed E-state index contributed by atoms with van der Waals surface area (Å²) in [5, 5.41) is 6.55. The number of likely N-dealkylation sites (tertiary alicyclic amines) is 1. The van der Waals surface area contributed by atoms with E-state index in [0.717, 1.165) is 26.2 Å². The van der Waals surface area contributed by atoms with Crippen LogP contribution in [0.25, 0.3) is 10.8 Å². The lowest BCUT2D eigenvalue weighted by molar-refractivity contribution is 0.148. The molecule has 1 aliphatic rings. The van der Waals surface area contributed by atoms with Crippen LogP contribution >= 0.6 is 0 Å². The molecule has 1 aliphatic heterocycles. The van der Waals surface area contributed by atoms with Crippen molar-refractivity contribution >= 4 is 10.8 Å². The molecule has 4 aromatic rings. The van der Waals surface area contributed by atoms with Crippen molar-refractivity contribution in [3.05, 3.63) is 108 Å². The summed E-state index contributed by atoms with van der Waals surface area (Å²) in [6.45, 7) is 6.51. The number of nitrogens with one attached hydrogen (secondary N) is 1. The van der Waals surface area contributed by atoms with E-state index in [-0.39, 0.29) is 0 Å². The number of piperidine rings is 1. The van der Waals surface area contributed by atoms with Crippen molar-refractivity contribution in [2.45, 2.75) is 31.8 Å². The molecule has 1 N–H and O–H groups in total. The lowest BCUT2D eigenvalue weighted by Gasteiger charge is -2.39. The Labute approximate surface area is 191 Å². The minimum atomic E-state index is 0.321. The van der Waals surface area contributed by atoms with Gasteiger partial charge >= 0.3 is 0 Å². The summed E-state index contributed by atoms with van der Waals surface area (Å²) in [5.74, 6) is 1.15. The third-order valence-corrected chi connectivity index (χ3v) is 7.03. The van der Waals surface area contributed by atoms with E-state index in [4.69, 9.17) is 4.42 Å². The number of hydrogen-bond acceptors (Lipinski definition) is 3. The first kappa shape index (κ1) is 21.0. The largest absolute Gasteiger partial charge is 0.472 e. The van der Waals surface area contributed by atoms with Gasteiger partial charge in [-0.05, 0) is 60.3 Å². The van der Waals surface area contributed by atoms with Gasteiger partial charge in [0.25, 0.3) is 0 Å². The van der Waals surface area contributed by atoms with Gasteiger partial charge in [-0.3, -0.25) is 4.90 Å². The molecular weight excluding hydrogens is 392 g/mol. The molecule has 32 heavy (non-hydrogen) atoms. The van der Waals surface area contributed by atoms with Gasteiger partial charge < -0.3 is 9.73 Å². The molecule has 1 aromatic heterocycles. The summed E-state index contributed by atoms with van der Waals surface area (Å²) < 4.78 is 5.29. The molecule has 2 heterocycles. The quantitative estimate of drug-likeness (QED) is 0.373. The fraction of sp³-hybridized carbons (Fsp3) is 0.310. The van der Waals surface area contributed by atoms with Gasteiger partial charge in [-0.1, -0.05) is 72.8 Å². The second-order valence-electron chi connectivity index (χ2n) is 9.13. The zero-order chi connectivity index (χ0) is 21.8. The van der Waals surface area contributed by atoms with Crippen LogP contribution in [0.15, 0.2) is 95.8 Å². The molecule has 3 atom stereocenters. The molecule has 0 bridgehead atoms. The zero-order valence-corrected chi connectivity index (χ0v) is 18.8.